The third-order valence-corrected chi connectivity index (χ3v) is 4.45. The summed E-state index contributed by atoms with van der Waals surface area (Å²) in [6.07, 6.45) is 1.31. The Labute approximate surface area is 143 Å². The first-order chi connectivity index (χ1) is 11.7. The molecule has 0 saturated carbocycles. The maximum absolute atomic E-state index is 11.5. The van der Waals surface area contributed by atoms with Gasteiger partial charge in [-0.15, -0.1) is 0 Å². The van der Waals surface area contributed by atoms with Crippen LogP contribution < -0.4 is 4.74 Å². The third kappa shape index (κ3) is 3.34. The maximum Gasteiger partial charge on any atom is 0.122 e. The van der Waals surface area contributed by atoms with E-state index in [0.717, 1.165) is 28.9 Å². The lowest BCUT2D eigenvalue weighted by atomic mass is 9.81. The van der Waals surface area contributed by atoms with Crippen molar-refractivity contribution in [2.24, 2.45) is 0 Å². The van der Waals surface area contributed by atoms with Crippen molar-refractivity contribution in [3.63, 3.8) is 0 Å². The lowest BCUT2D eigenvalue weighted by molar-refractivity contribution is 0.0712. The van der Waals surface area contributed by atoms with Crippen molar-refractivity contribution in [2.45, 2.75) is 18.4 Å². The summed E-state index contributed by atoms with van der Waals surface area (Å²) in [5.41, 5.74) is 1.89. The number of ether oxygens (including phenoxy) is 1. The van der Waals surface area contributed by atoms with Crippen LogP contribution in [0.3, 0.4) is 0 Å². The first-order valence-electron chi connectivity index (χ1n) is 8.19. The Bertz CT molecular complexity index is 727. The Morgan fingerprint density at radius 1 is 0.750 bits per heavy atom. The van der Waals surface area contributed by atoms with E-state index in [4.69, 9.17) is 4.74 Å². The Morgan fingerprint density at radius 2 is 1.25 bits per heavy atom. The first-order valence-corrected chi connectivity index (χ1v) is 8.19. The van der Waals surface area contributed by atoms with E-state index in [1.807, 2.05) is 78.9 Å². The van der Waals surface area contributed by atoms with Crippen LogP contribution in [0.25, 0.3) is 0 Å². The highest BCUT2D eigenvalue weighted by Crippen LogP contribution is 2.35. The minimum atomic E-state index is -1.02. The fourth-order valence-electron chi connectivity index (χ4n) is 3.11. The molecule has 2 nitrogen and oxygen atoms in total. The number of hydrogen-bond donors (Lipinski definition) is 1. The molecule has 122 valence electrons. The molecule has 0 atom stereocenters. The van der Waals surface area contributed by atoms with Gasteiger partial charge in [-0.1, -0.05) is 78.9 Å². The fourth-order valence-corrected chi connectivity index (χ4v) is 3.11. The Hall–Kier alpha value is -2.58. The molecule has 0 amide bonds. The second kappa shape index (κ2) is 7.33. The molecule has 0 spiro atoms. The van der Waals surface area contributed by atoms with E-state index >= 15 is 0 Å². The Kier molecular flexibility index (Phi) is 4.97. The van der Waals surface area contributed by atoms with Gasteiger partial charge in [-0.05, 0) is 35.6 Å². The molecule has 0 saturated heterocycles. The molecule has 24 heavy (non-hydrogen) atoms. The smallest absolute Gasteiger partial charge is 0.122 e. The molecule has 2 heteroatoms. The van der Waals surface area contributed by atoms with Crippen LogP contribution in [0.15, 0.2) is 84.9 Å². The highest BCUT2D eigenvalue weighted by atomic mass is 16.5. The minimum absolute atomic E-state index is 0.585. The zero-order chi connectivity index (χ0) is 16.8. The third-order valence-electron chi connectivity index (χ3n) is 4.45. The van der Waals surface area contributed by atoms with Gasteiger partial charge >= 0.3 is 0 Å². The maximum atomic E-state index is 11.5. The Balaban J connectivity index is 1.94. The highest BCUT2D eigenvalue weighted by Gasteiger charge is 2.31. The van der Waals surface area contributed by atoms with Crippen LogP contribution in [0.1, 0.15) is 23.1 Å². The van der Waals surface area contributed by atoms with Crippen LogP contribution >= 0.6 is 0 Å². The minimum Gasteiger partial charge on any atom is -0.496 e. The second-order valence-corrected chi connectivity index (χ2v) is 5.90. The lowest BCUT2D eigenvalue weighted by Gasteiger charge is -2.30. The molecule has 0 unspecified atom stereocenters. The molecule has 0 heterocycles. The molecule has 0 radical (unpaired) electrons. The van der Waals surface area contributed by atoms with Crippen LogP contribution in [-0.2, 0) is 12.0 Å². The van der Waals surface area contributed by atoms with E-state index in [1.165, 1.54) is 0 Å². The van der Waals surface area contributed by atoms with E-state index in [1.54, 1.807) is 7.11 Å². The summed E-state index contributed by atoms with van der Waals surface area (Å²) in [5.74, 6) is 0.862. The number of rotatable bonds is 6. The second-order valence-electron chi connectivity index (χ2n) is 5.90. The van der Waals surface area contributed by atoms with Crippen molar-refractivity contribution in [2.75, 3.05) is 7.11 Å². The number of aryl methyl sites for hydroxylation is 1. The van der Waals surface area contributed by atoms with Crippen molar-refractivity contribution >= 4 is 0 Å². The first kappa shape index (κ1) is 16.3. The van der Waals surface area contributed by atoms with Gasteiger partial charge in [0.1, 0.15) is 11.4 Å². The molecule has 0 aliphatic heterocycles. The summed E-state index contributed by atoms with van der Waals surface area (Å²) in [6.45, 7) is 0. The van der Waals surface area contributed by atoms with E-state index in [9.17, 15) is 5.11 Å². The Morgan fingerprint density at radius 3 is 1.79 bits per heavy atom. The average molecular weight is 318 g/mol. The van der Waals surface area contributed by atoms with Crippen LogP contribution in [0.4, 0.5) is 0 Å². The molecule has 0 aromatic heterocycles. The summed E-state index contributed by atoms with van der Waals surface area (Å²) >= 11 is 0. The molecule has 3 aromatic rings. The quantitative estimate of drug-likeness (QED) is 0.722. The summed E-state index contributed by atoms with van der Waals surface area (Å²) in [7, 11) is 1.68. The molecule has 0 aliphatic carbocycles. The standard InChI is InChI=1S/C22H22O2/c1-24-21-15-9-8-10-18(21)16-17-22(23,19-11-4-2-5-12-19)20-13-6-3-7-14-20/h2-15,23H,16-17H2,1H3. The van der Waals surface area contributed by atoms with Gasteiger partial charge in [0, 0.05) is 0 Å². The van der Waals surface area contributed by atoms with Gasteiger partial charge in [0.25, 0.3) is 0 Å². The number of benzene rings is 3. The topological polar surface area (TPSA) is 29.5 Å². The molecule has 1 N–H and O–H groups in total. The lowest BCUT2D eigenvalue weighted by Crippen LogP contribution is -2.28. The molecule has 0 aliphatic rings. The predicted octanol–water partition coefficient (Wildman–Crippen LogP) is 4.56. The molecule has 0 bridgehead atoms. The molecular formula is C22H22O2. The zero-order valence-electron chi connectivity index (χ0n) is 13.9. The van der Waals surface area contributed by atoms with Crippen molar-refractivity contribution in [1.82, 2.24) is 0 Å². The van der Waals surface area contributed by atoms with Crippen molar-refractivity contribution in [1.29, 1.82) is 0 Å². The number of aliphatic hydroxyl groups is 1. The van der Waals surface area contributed by atoms with Gasteiger partial charge in [-0.3, -0.25) is 0 Å². The van der Waals surface area contributed by atoms with Crippen LogP contribution in [0.5, 0.6) is 5.75 Å². The van der Waals surface area contributed by atoms with E-state index in [2.05, 4.69) is 6.07 Å². The van der Waals surface area contributed by atoms with Crippen LogP contribution in [0.2, 0.25) is 0 Å². The average Bonchev–Trinajstić information content (AvgIpc) is 2.67. The number of methoxy groups -OCH3 is 1. The van der Waals surface area contributed by atoms with E-state index in [-0.39, 0.29) is 0 Å². The number of hydrogen-bond acceptors (Lipinski definition) is 2. The molecule has 3 rings (SSSR count). The van der Waals surface area contributed by atoms with Gasteiger partial charge in [0.2, 0.25) is 0 Å². The summed E-state index contributed by atoms with van der Waals surface area (Å²) in [5, 5.41) is 11.5. The van der Waals surface area contributed by atoms with Crippen molar-refractivity contribution < 1.29 is 9.84 Å². The summed E-state index contributed by atoms with van der Waals surface area (Å²) < 4.78 is 5.44. The largest absolute Gasteiger partial charge is 0.496 e. The van der Waals surface area contributed by atoms with Gasteiger partial charge in [-0.2, -0.15) is 0 Å². The number of para-hydroxylation sites is 1. The molecule has 3 aromatic carbocycles. The van der Waals surface area contributed by atoms with Gasteiger partial charge in [0.15, 0.2) is 0 Å². The summed E-state index contributed by atoms with van der Waals surface area (Å²) in [6, 6.07) is 27.7. The van der Waals surface area contributed by atoms with Crippen LogP contribution in [0, 0.1) is 0 Å². The SMILES string of the molecule is COc1ccccc1CCC(O)(c1ccccc1)c1ccccc1. The molecule has 0 fully saturated rings. The monoisotopic (exact) mass is 318 g/mol. The van der Waals surface area contributed by atoms with E-state index in [0.29, 0.717) is 6.42 Å². The zero-order valence-corrected chi connectivity index (χ0v) is 13.9. The van der Waals surface area contributed by atoms with Gasteiger partial charge in [0.05, 0.1) is 7.11 Å². The predicted molar refractivity (Wildman–Crippen MR) is 97.2 cm³/mol. The van der Waals surface area contributed by atoms with Gasteiger partial charge in [-0.25, -0.2) is 0 Å². The fraction of sp³-hybridized carbons (Fsp3) is 0.182. The van der Waals surface area contributed by atoms with Crippen molar-refractivity contribution in [3.8, 4) is 5.75 Å². The van der Waals surface area contributed by atoms with Crippen molar-refractivity contribution in [3.05, 3.63) is 102 Å². The van der Waals surface area contributed by atoms with Gasteiger partial charge < -0.3 is 9.84 Å². The highest BCUT2D eigenvalue weighted by molar-refractivity contribution is 5.38. The van der Waals surface area contributed by atoms with Crippen LogP contribution in [-0.4, -0.2) is 12.2 Å². The summed E-state index contributed by atoms with van der Waals surface area (Å²) in [4.78, 5) is 0. The normalized spacial score (nSPS) is 11.2. The molecular weight excluding hydrogens is 296 g/mol. The van der Waals surface area contributed by atoms with E-state index < -0.39 is 5.60 Å².